The van der Waals surface area contributed by atoms with Crippen molar-refractivity contribution in [3.8, 4) is 0 Å². The van der Waals surface area contributed by atoms with Crippen LogP contribution in [0.15, 0.2) is 0 Å². The first-order chi connectivity index (χ1) is 6.88. The quantitative estimate of drug-likeness (QED) is 0.731. The molecule has 2 rings (SSSR count). The summed E-state index contributed by atoms with van der Waals surface area (Å²) in [4.78, 5) is 0. The van der Waals surface area contributed by atoms with Crippen LogP contribution in [-0.2, 0) is 4.74 Å². The fraction of sp³-hybridized carbons (Fsp3) is 1.00. The summed E-state index contributed by atoms with van der Waals surface area (Å²) in [5, 5.41) is 3.59. The molecule has 0 aromatic heterocycles. The molecule has 82 valence electrons. The van der Waals surface area contributed by atoms with E-state index in [0.29, 0.717) is 12.2 Å². The summed E-state index contributed by atoms with van der Waals surface area (Å²) in [6.07, 6.45) is 10.3. The average Bonchev–Trinajstić information content (AvgIpc) is 2.56. The molecular formula is C12H23NO. The molecule has 0 radical (unpaired) electrons. The lowest BCUT2D eigenvalue weighted by atomic mass is 9.96. The maximum absolute atomic E-state index is 6.02. The van der Waals surface area contributed by atoms with Crippen molar-refractivity contribution < 1.29 is 4.74 Å². The highest BCUT2D eigenvalue weighted by Gasteiger charge is 2.28. The molecule has 2 fully saturated rings. The van der Waals surface area contributed by atoms with E-state index in [2.05, 4.69) is 12.2 Å². The van der Waals surface area contributed by atoms with Gasteiger partial charge in [-0.25, -0.2) is 0 Å². The Balaban J connectivity index is 1.61. The van der Waals surface area contributed by atoms with Crippen LogP contribution in [0, 0.1) is 0 Å². The van der Waals surface area contributed by atoms with Crippen LogP contribution >= 0.6 is 0 Å². The minimum atomic E-state index is 0.564. The molecule has 2 aliphatic rings. The van der Waals surface area contributed by atoms with Crippen LogP contribution in [-0.4, -0.2) is 24.8 Å². The van der Waals surface area contributed by atoms with E-state index in [1.54, 1.807) is 0 Å². The van der Waals surface area contributed by atoms with Crippen molar-refractivity contribution >= 4 is 0 Å². The van der Waals surface area contributed by atoms with Gasteiger partial charge in [0.2, 0.25) is 0 Å². The first-order valence-electron chi connectivity index (χ1n) is 6.27. The van der Waals surface area contributed by atoms with Crippen LogP contribution < -0.4 is 5.32 Å². The Hall–Kier alpha value is -0.0800. The molecule has 0 aliphatic heterocycles. The van der Waals surface area contributed by atoms with E-state index in [-0.39, 0.29) is 0 Å². The van der Waals surface area contributed by atoms with E-state index in [0.717, 1.165) is 6.04 Å². The minimum Gasteiger partial charge on any atom is -0.375 e. The van der Waals surface area contributed by atoms with Gasteiger partial charge in [-0.15, -0.1) is 0 Å². The van der Waals surface area contributed by atoms with Gasteiger partial charge in [-0.05, 0) is 51.5 Å². The predicted molar refractivity (Wildman–Crippen MR) is 58.4 cm³/mol. The third-order valence-electron chi connectivity index (χ3n) is 3.50. The Morgan fingerprint density at radius 1 is 1.14 bits per heavy atom. The second-order valence-corrected chi connectivity index (χ2v) is 4.78. The molecule has 2 saturated carbocycles. The summed E-state index contributed by atoms with van der Waals surface area (Å²) in [6.45, 7) is 3.39. The van der Waals surface area contributed by atoms with E-state index in [1.165, 1.54) is 51.5 Å². The van der Waals surface area contributed by atoms with Gasteiger partial charge in [-0.2, -0.15) is 0 Å². The van der Waals surface area contributed by atoms with Crippen molar-refractivity contribution in [1.82, 2.24) is 5.32 Å². The predicted octanol–water partition coefficient (Wildman–Crippen LogP) is 2.48. The van der Waals surface area contributed by atoms with E-state index in [4.69, 9.17) is 4.74 Å². The maximum Gasteiger partial charge on any atom is 0.0594 e. The van der Waals surface area contributed by atoms with E-state index in [1.807, 2.05) is 0 Å². The molecule has 0 aromatic rings. The minimum absolute atomic E-state index is 0.564. The second-order valence-electron chi connectivity index (χ2n) is 4.78. The van der Waals surface area contributed by atoms with Crippen molar-refractivity contribution in [3.05, 3.63) is 0 Å². The molecule has 14 heavy (non-hydrogen) atoms. The fourth-order valence-electron chi connectivity index (χ4n) is 2.38. The Morgan fingerprint density at radius 3 is 2.64 bits per heavy atom. The smallest absolute Gasteiger partial charge is 0.0594 e. The standard InChI is InChI=1S/C12H23NO/c1-2-8-13-10-6-7-12(9-10)14-11-4-3-5-11/h10-13H,2-9H2,1H3. The molecular weight excluding hydrogens is 174 g/mol. The molecule has 2 nitrogen and oxygen atoms in total. The number of hydrogen-bond acceptors (Lipinski definition) is 2. The summed E-state index contributed by atoms with van der Waals surface area (Å²) < 4.78 is 6.02. The zero-order valence-electron chi connectivity index (χ0n) is 9.30. The molecule has 0 amide bonds. The lowest BCUT2D eigenvalue weighted by molar-refractivity contribution is -0.0482. The third-order valence-corrected chi connectivity index (χ3v) is 3.50. The summed E-state index contributed by atoms with van der Waals surface area (Å²) in [5.74, 6) is 0. The first-order valence-corrected chi connectivity index (χ1v) is 6.27. The Labute approximate surface area is 87.4 Å². The Morgan fingerprint density at radius 2 is 2.00 bits per heavy atom. The van der Waals surface area contributed by atoms with Crippen molar-refractivity contribution in [3.63, 3.8) is 0 Å². The zero-order chi connectivity index (χ0) is 9.80. The summed E-state index contributed by atoms with van der Waals surface area (Å²) >= 11 is 0. The van der Waals surface area contributed by atoms with Gasteiger partial charge in [0.25, 0.3) is 0 Å². The molecule has 1 N–H and O–H groups in total. The lowest BCUT2D eigenvalue weighted by Crippen LogP contribution is -2.30. The van der Waals surface area contributed by atoms with Crippen LogP contribution in [0.5, 0.6) is 0 Å². The number of hydrogen-bond donors (Lipinski definition) is 1. The second kappa shape index (κ2) is 5.13. The highest BCUT2D eigenvalue weighted by atomic mass is 16.5. The number of nitrogens with one attached hydrogen (secondary N) is 1. The molecule has 2 atom stereocenters. The molecule has 0 bridgehead atoms. The van der Waals surface area contributed by atoms with Gasteiger partial charge in [-0.3, -0.25) is 0 Å². The Bertz CT molecular complexity index is 168. The maximum atomic E-state index is 6.02. The first kappa shape index (κ1) is 10.4. The highest BCUT2D eigenvalue weighted by Crippen LogP contribution is 2.29. The molecule has 0 spiro atoms. The zero-order valence-corrected chi connectivity index (χ0v) is 9.30. The molecule has 2 unspecified atom stereocenters. The van der Waals surface area contributed by atoms with Crippen LogP contribution in [0.25, 0.3) is 0 Å². The monoisotopic (exact) mass is 197 g/mol. The van der Waals surface area contributed by atoms with Gasteiger partial charge >= 0.3 is 0 Å². The lowest BCUT2D eigenvalue weighted by Gasteiger charge is -2.28. The molecule has 2 aliphatic carbocycles. The van der Waals surface area contributed by atoms with Gasteiger partial charge in [0, 0.05) is 6.04 Å². The molecule has 2 heteroatoms. The highest BCUT2D eigenvalue weighted by molar-refractivity contribution is 4.83. The van der Waals surface area contributed by atoms with Crippen LogP contribution in [0.4, 0.5) is 0 Å². The van der Waals surface area contributed by atoms with Gasteiger partial charge in [0.05, 0.1) is 12.2 Å². The van der Waals surface area contributed by atoms with Gasteiger partial charge in [-0.1, -0.05) is 6.92 Å². The largest absolute Gasteiger partial charge is 0.375 e. The van der Waals surface area contributed by atoms with Gasteiger partial charge < -0.3 is 10.1 Å². The SMILES string of the molecule is CCCNC1CCC(OC2CCC2)C1. The normalized spacial score (nSPS) is 33.2. The van der Waals surface area contributed by atoms with Crippen LogP contribution in [0.1, 0.15) is 51.9 Å². The van der Waals surface area contributed by atoms with Gasteiger partial charge in [0.1, 0.15) is 0 Å². The van der Waals surface area contributed by atoms with Crippen LogP contribution in [0.2, 0.25) is 0 Å². The Kier molecular flexibility index (Phi) is 3.82. The third kappa shape index (κ3) is 2.71. The van der Waals surface area contributed by atoms with E-state index in [9.17, 15) is 0 Å². The number of ether oxygens (including phenoxy) is 1. The molecule has 0 aromatic carbocycles. The summed E-state index contributed by atoms with van der Waals surface area (Å²) in [7, 11) is 0. The molecule has 0 heterocycles. The van der Waals surface area contributed by atoms with Crippen molar-refractivity contribution in [1.29, 1.82) is 0 Å². The summed E-state index contributed by atoms with van der Waals surface area (Å²) in [5.41, 5.74) is 0. The van der Waals surface area contributed by atoms with Gasteiger partial charge in [0.15, 0.2) is 0 Å². The van der Waals surface area contributed by atoms with Crippen LogP contribution in [0.3, 0.4) is 0 Å². The van der Waals surface area contributed by atoms with Crippen molar-refractivity contribution in [2.45, 2.75) is 70.1 Å². The summed E-state index contributed by atoms with van der Waals surface area (Å²) in [6, 6.07) is 0.736. The van der Waals surface area contributed by atoms with E-state index < -0.39 is 0 Å². The number of rotatable bonds is 5. The fourth-order valence-corrected chi connectivity index (χ4v) is 2.38. The average molecular weight is 197 g/mol. The van der Waals surface area contributed by atoms with E-state index >= 15 is 0 Å². The molecule has 0 saturated heterocycles. The van der Waals surface area contributed by atoms with Crippen molar-refractivity contribution in [2.24, 2.45) is 0 Å². The topological polar surface area (TPSA) is 21.3 Å². The van der Waals surface area contributed by atoms with Crippen molar-refractivity contribution in [2.75, 3.05) is 6.54 Å².